The predicted molar refractivity (Wildman–Crippen MR) is 112 cm³/mol. The van der Waals surface area contributed by atoms with Crippen LogP contribution in [-0.2, 0) is 0 Å². The zero-order valence-corrected chi connectivity index (χ0v) is 15.8. The summed E-state index contributed by atoms with van der Waals surface area (Å²) < 4.78 is 5.37. The first-order valence-corrected chi connectivity index (χ1v) is 8.97. The lowest BCUT2D eigenvalue weighted by atomic mass is 9.99. The molecule has 26 heavy (non-hydrogen) atoms. The fraction of sp³-hybridized carbons (Fsp3) is 0.0952. The molecule has 0 bridgehead atoms. The fourth-order valence-electron chi connectivity index (χ4n) is 2.72. The summed E-state index contributed by atoms with van der Waals surface area (Å²) in [5.41, 5.74) is 2.97. The number of halogens is 1. The van der Waals surface area contributed by atoms with Crippen molar-refractivity contribution in [1.82, 2.24) is 5.32 Å². The molecule has 0 spiro atoms. The molecule has 3 rings (SSSR count). The van der Waals surface area contributed by atoms with Crippen molar-refractivity contribution in [3.8, 4) is 5.75 Å². The maximum Gasteiger partial charge on any atom is 0.171 e. The molecule has 3 aromatic carbocycles. The van der Waals surface area contributed by atoms with Crippen molar-refractivity contribution in [2.45, 2.75) is 6.04 Å². The van der Waals surface area contributed by atoms with E-state index in [-0.39, 0.29) is 6.04 Å². The molecule has 132 valence electrons. The molecule has 0 aromatic heterocycles. The number of hydrogen-bond acceptors (Lipinski definition) is 2. The molecule has 0 aliphatic heterocycles. The van der Waals surface area contributed by atoms with Crippen LogP contribution in [0.3, 0.4) is 0 Å². The van der Waals surface area contributed by atoms with Gasteiger partial charge in [0.25, 0.3) is 0 Å². The summed E-state index contributed by atoms with van der Waals surface area (Å²) >= 11 is 11.6. The Balaban J connectivity index is 1.83. The van der Waals surface area contributed by atoms with E-state index in [0.717, 1.165) is 16.8 Å². The van der Waals surface area contributed by atoms with Crippen LogP contribution in [0.4, 0.5) is 5.69 Å². The van der Waals surface area contributed by atoms with Gasteiger partial charge in [-0.05, 0) is 41.5 Å². The molecule has 0 amide bonds. The van der Waals surface area contributed by atoms with Gasteiger partial charge in [-0.2, -0.15) is 0 Å². The molecule has 0 aliphatic rings. The number of ether oxygens (including phenoxy) is 1. The molecular weight excluding hydrogens is 364 g/mol. The van der Waals surface area contributed by atoms with Crippen LogP contribution in [0.15, 0.2) is 78.9 Å². The summed E-state index contributed by atoms with van der Waals surface area (Å²) in [5.74, 6) is 0.675. The van der Waals surface area contributed by atoms with Crippen LogP contribution in [0, 0.1) is 0 Å². The number of thiocarbonyl (C=S) groups is 1. The summed E-state index contributed by atoms with van der Waals surface area (Å²) in [6, 6.07) is 25.7. The molecule has 0 saturated heterocycles. The highest BCUT2D eigenvalue weighted by molar-refractivity contribution is 7.80. The van der Waals surface area contributed by atoms with E-state index in [2.05, 4.69) is 34.9 Å². The molecule has 0 unspecified atom stereocenters. The Morgan fingerprint density at radius 1 is 0.923 bits per heavy atom. The van der Waals surface area contributed by atoms with Crippen LogP contribution in [-0.4, -0.2) is 12.2 Å². The van der Waals surface area contributed by atoms with Gasteiger partial charge in [0.2, 0.25) is 0 Å². The van der Waals surface area contributed by atoms with Crippen molar-refractivity contribution in [2.75, 3.05) is 12.4 Å². The summed E-state index contributed by atoms with van der Waals surface area (Å²) in [5, 5.41) is 7.67. The summed E-state index contributed by atoms with van der Waals surface area (Å²) in [6.45, 7) is 0. The largest absolute Gasteiger partial charge is 0.495 e. The maximum absolute atomic E-state index is 6.10. The Hall–Kier alpha value is -2.56. The summed E-state index contributed by atoms with van der Waals surface area (Å²) in [7, 11) is 1.61. The maximum atomic E-state index is 6.10. The summed E-state index contributed by atoms with van der Waals surface area (Å²) in [6.07, 6.45) is 0. The quantitative estimate of drug-likeness (QED) is 0.577. The standard InChI is InChI=1S/C21H19ClN2OS/c1-25-19-13-12-17(22)14-18(19)23-21(26)24-20(15-8-4-2-5-9-15)16-10-6-3-7-11-16/h2-14,20H,1H3,(H2,23,24,26). The van der Waals surface area contributed by atoms with E-state index in [0.29, 0.717) is 15.9 Å². The Morgan fingerprint density at radius 3 is 2.04 bits per heavy atom. The Morgan fingerprint density at radius 2 is 1.50 bits per heavy atom. The van der Waals surface area contributed by atoms with Crippen molar-refractivity contribution in [3.05, 3.63) is 95.0 Å². The minimum Gasteiger partial charge on any atom is -0.495 e. The van der Waals surface area contributed by atoms with Gasteiger partial charge in [-0.3, -0.25) is 0 Å². The zero-order valence-electron chi connectivity index (χ0n) is 14.3. The van der Waals surface area contributed by atoms with Crippen LogP contribution in [0.5, 0.6) is 5.75 Å². The molecule has 0 saturated carbocycles. The number of methoxy groups -OCH3 is 1. The van der Waals surface area contributed by atoms with Crippen molar-refractivity contribution in [2.24, 2.45) is 0 Å². The van der Waals surface area contributed by atoms with Crippen LogP contribution in [0.25, 0.3) is 0 Å². The molecule has 0 radical (unpaired) electrons. The molecule has 0 atom stereocenters. The van der Waals surface area contributed by atoms with Gasteiger partial charge in [0.05, 0.1) is 18.8 Å². The van der Waals surface area contributed by atoms with Crippen LogP contribution in [0.1, 0.15) is 17.2 Å². The predicted octanol–water partition coefficient (Wildman–Crippen LogP) is 5.42. The third-order valence-electron chi connectivity index (χ3n) is 3.95. The van der Waals surface area contributed by atoms with E-state index < -0.39 is 0 Å². The molecule has 5 heteroatoms. The number of benzene rings is 3. The minimum absolute atomic E-state index is 0.0671. The molecule has 0 heterocycles. The second-order valence-corrected chi connectivity index (χ2v) is 6.54. The number of anilines is 1. The first-order valence-electron chi connectivity index (χ1n) is 8.18. The topological polar surface area (TPSA) is 33.3 Å². The van der Waals surface area contributed by atoms with Gasteiger partial charge in [-0.15, -0.1) is 0 Å². The van der Waals surface area contributed by atoms with Gasteiger partial charge in [-0.25, -0.2) is 0 Å². The highest BCUT2D eigenvalue weighted by Gasteiger charge is 2.15. The van der Waals surface area contributed by atoms with Crippen molar-refractivity contribution in [3.63, 3.8) is 0 Å². The van der Waals surface area contributed by atoms with Gasteiger partial charge >= 0.3 is 0 Å². The molecule has 0 aliphatic carbocycles. The van der Waals surface area contributed by atoms with Crippen molar-refractivity contribution >= 4 is 34.6 Å². The molecular formula is C21H19ClN2OS. The van der Waals surface area contributed by atoms with E-state index in [1.165, 1.54) is 0 Å². The smallest absolute Gasteiger partial charge is 0.171 e. The minimum atomic E-state index is -0.0671. The van der Waals surface area contributed by atoms with Gasteiger partial charge in [0.1, 0.15) is 5.75 Å². The van der Waals surface area contributed by atoms with Crippen molar-refractivity contribution in [1.29, 1.82) is 0 Å². The lowest BCUT2D eigenvalue weighted by Gasteiger charge is -2.22. The van der Waals surface area contributed by atoms with E-state index in [1.807, 2.05) is 36.4 Å². The lowest BCUT2D eigenvalue weighted by Crippen LogP contribution is -2.33. The third-order valence-corrected chi connectivity index (χ3v) is 4.41. The second-order valence-electron chi connectivity index (χ2n) is 5.70. The molecule has 3 aromatic rings. The first-order chi connectivity index (χ1) is 12.7. The number of nitrogens with one attached hydrogen (secondary N) is 2. The Kier molecular flexibility index (Phi) is 6.10. The van der Waals surface area contributed by atoms with Crippen LogP contribution < -0.4 is 15.4 Å². The van der Waals surface area contributed by atoms with E-state index >= 15 is 0 Å². The van der Waals surface area contributed by atoms with Crippen molar-refractivity contribution < 1.29 is 4.74 Å². The Bertz CT molecular complexity index is 832. The van der Waals surface area contributed by atoms with Gasteiger partial charge < -0.3 is 15.4 Å². The number of rotatable bonds is 5. The average Bonchev–Trinajstić information content (AvgIpc) is 2.68. The SMILES string of the molecule is COc1ccc(Cl)cc1NC(=S)NC(c1ccccc1)c1ccccc1. The van der Waals surface area contributed by atoms with Gasteiger partial charge in [0, 0.05) is 5.02 Å². The zero-order chi connectivity index (χ0) is 18.4. The highest BCUT2D eigenvalue weighted by atomic mass is 35.5. The van der Waals surface area contributed by atoms with Gasteiger partial charge in [0.15, 0.2) is 5.11 Å². The Labute approximate surface area is 164 Å². The normalized spacial score (nSPS) is 10.4. The molecule has 2 N–H and O–H groups in total. The third kappa shape index (κ3) is 4.54. The molecule has 3 nitrogen and oxygen atoms in total. The molecule has 0 fully saturated rings. The van der Waals surface area contributed by atoms with E-state index in [1.54, 1.807) is 25.3 Å². The first kappa shape index (κ1) is 18.2. The number of hydrogen-bond donors (Lipinski definition) is 2. The van der Waals surface area contributed by atoms with Gasteiger partial charge in [-0.1, -0.05) is 72.3 Å². The second kappa shape index (κ2) is 8.70. The highest BCUT2D eigenvalue weighted by Crippen LogP contribution is 2.28. The summed E-state index contributed by atoms with van der Waals surface area (Å²) in [4.78, 5) is 0. The monoisotopic (exact) mass is 382 g/mol. The fourth-order valence-corrected chi connectivity index (χ4v) is 3.12. The van der Waals surface area contributed by atoms with E-state index in [9.17, 15) is 0 Å². The lowest BCUT2D eigenvalue weighted by molar-refractivity contribution is 0.417. The van der Waals surface area contributed by atoms with Crippen LogP contribution >= 0.6 is 23.8 Å². The van der Waals surface area contributed by atoms with Crippen LogP contribution in [0.2, 0.25) is 5.02 Å². The average molecular weight is 383 g/mol. The van der Waals surface area contributed by atoms with E-state index in [4.69, 9.17) is 28.6 Å².